The zero-order valence-electron chi connectivity index (χ0n) is 19.0. The number of hydrogen-bond acceptors (Lipinski definition) is 7. The van der Waals surface area contributed by atoms with Crippen molar-refractivity contribution in [2.75, 3.05) is 23.8 Å². The van der Waals surface area contributed by atoms with Crippen LogP contribution in [-0.4, -0.2) is 38.9 Å². The van der Waals surface area contributed by atoms with Crippen molar-refractivity contribution in [2.45, 2.75) is 6.42 Å². The first-order valence-electron chi connectivity index (χ1n) is 10.4. The number of nitrogens with zero attached hydrogens (tertiary/aromatic N) is 3. The minimum absolute atomic E-state index is 0.0160. The van der Waals surface area contributed by atoms with E-state index in [1.165, 1.54) is 14.2 Å². The molecule has 3 aromatic carbocycles. The number of aromatic nitrogens is 2. The summed E-state index contributed by atoms with van der Waals surface area (Å²) in [6.07, 6.45) is -0.0160. The Morgan fingerprint density at radius 2 is 1.66 bits per heavy atom. The van der Waals surface area contributed by atoms with Gasteiger partial charge in [0.1, 0.15) is 11.5 Å². The van der Waals surface area contributed by atoms with E-state index < -0.39 is 17.2 Å². The van der Waals surface area contributed by atoms with E-state index in [1.54, 1.807) is 60.7 Å². The number of hydrogen-bond donors (Lipinski definition) is 3. The number of fused-ring (bicyclic) bond motifs is 1. The van der Waals surface area contributed by atoms with Gasteiger partial charge in [-0.25, -0.2) is 18.5 Å². The molecule has 180 valence electrons. The fourth-order valence-corrected chi connectivity index (χ4v) is 4.08. The summed E-state index contributed by atoms with van der Waals surface area (Å²) >= 11 is -2.52. The summed E-state index contributed by atoms with van der Waals surface area (Å²) in [5, 5.41) is 3.17. The van der Waals surface area contributed by atoms with E-state index in [1.807, 2.05) is 6.07 Å². The van der Waals surface area contributed by atoms with Crippen LogP contribution >= 0.6 is 0 Å². The second-order valence-corrected chi connectivity index (χ2v) is 8.28. The highest BCUT2D eigenvalue weighted by molar-refractivity contribution is 7.81. The number of nitrogens with one attached hydrogen (secondary N) is 1. The monoisotopic (exact) mass is 493 g/mol. The largest absolute Gasteiger partial charge is 0.497 e. The van der Waals surface area contributed by atoms with E-state index in [2.05, 4.69) is 15.3 Å². The molecule has 10 nitrogen and oxygen atoms in total. The van der Waals surface area contributed by atoms with Crippen LogP contribution in [0.2, 0.25) is 0 Å². The van der Waals surface area contributed by atoms with Gasteiger partial charge in [-0.1, -0.05) is 24.3 Å². The van der Waals surface area contributed by atoms with Gasteiger partial charge in [-0.15, -0.1) is 0 Å². The Morgan fingerprint density at radius 1 is 1.00 bits per heavy atom. The molecule has 0 aliphatic rings. The van der Waals surface area contributed by atoms with Crippen LogP contribution in [0, 0.1) is 0 Å². The van der Waals surface area contributed by atoms with Crippen LogP contribution in [-0.2, 0) is 22.5 Å². The number of carbonyl (C=O) groups excluding carboxylic acids is 1. The molecule has 4 rings (SSSR count). The average Bonchev–Trinajstić information content (AvgIpc) is 2.83. The Labute approximate surface area is 204 Å². The van der Waals surface area contributed by atoms with E-state index in [0.29, 0.717) is 39.5 Å². The van der Waals surface area contributed by atoms with Gasteiger partial charge < -0.3 is 20.5 Å². The second kappa shape index (κ2) is 10.4. The lowest BCUT2D eigenvalue weighted by molar-refractivity contribution is -0.117. The molecule has 4 aromatic rings. The molecular weight excluding hydrogens is 470 g/mol. The predicted molar refractivity (Wildman–Crippen MR) is 135 cm³/mol. The van der Waals surface area contributed by atoms with Crippen molar-refractivity contribution in [1.29, 1.82) is 0 Å². The summed E-state index contributed by atoms with van der Waals surface area (Å²) in [7, 11) is 3.07. The smallest absolute Gasteiger partial charge is 0.268 e. The van der Waals surface area contributed by atoms with Crippen LogP contribution in [0.5, 0.6) is 11.5 Å². The van der Waals surface area contributed by atoms with E-state index in [4.69, 9.17) is 15.2 Å². The van der Waals surface area contributed by atoms with E-state index in [0.717, 1.165) is 4.31 Å². The van der Waals surface area contributed by atoms with E-state index in [-0.39, 0.29) is 18.1 Å². The van der Waals surface area contributed by atoms with Crippen LogP contribution in [0.1, 0.15) is 5.56 Å². The second-order valence-electron chi connectivity index (χ2n) is 7.45. The van der Waals surface area contributed by atoms with Crippen LogP contribution in [0.3, 0.4) is 0 Å². The molecule has 0 aliphatic carbocycles. The maximum atomic E-state index is 12.6. The third kappa shape index (κ3) is 5.48. The van der Waals surface area contributed by atoms with Gasteiger partial charge in [0, 0.05) is 23.9 Å². The summed E-state index contributed by atoms with van der Waals surface area (Å²) in [5.74, 6) is 0.899. The summed E-state index contributed by atoms with van der Waals surface area (Å²) < 4.78 is 34.7. The third-order valence-corrected chi connectivity index (χ3v) is 5.73. The molecule has 0 fully saturated rings. The molecule has 11 heteroatoms. The standard InChI is InChI=1S/C24H23N5O5S/c1-33-18-12-16(13-19(14-18)34-2)26-23-24(28-21-9-4-3-8-20(21)27-23)29(35(31)32)17-7-5-6-15(10-17)11-22(25)30/h3-10,12-14H,11H2,1-2H3,(H2,25,30)(H,26,27)(H,31,32). The SMILES string of the molecule is COc1cc(Nc2nc3ccccc3nc2N(c2cccc(CC(N)=O)c2)S(=O)O)cc(OC)c1. The molecule has 0 saturated heterocycles. The number of amides is 1. The fourth-order valence-electron chi connectivity index (χ4n) is 3.51. The first-order chi connectivity index (χ1) is 16.9. The van der Waals surface area contributed by atoms with Gasteiger partial charge in [0.05, 0.1) is 37.4 Å². The number of methoxy groups -OCH3 is 2. The number of nitrogens with two attached hydrogens (primary N) is 1. The van der Waals surface area contributed by atoms with Gasteiger partial charge in [-0.3, -0.25) is 9.35 Å². The lowest BCUT2D eigenvalue weighted by atomic mass is 10.1. The van der Waals surface area contributed by atoms with Crippen molar-refractivity contribution in [3.8, 4) is 11.5 Å². The normalized spacial score (nSPS) is 11.6. The van der Waals surface area contributed by atoms with Crippen LogP contribution in [0.25, 0.3) is 11.0 Å². The van der Waals surface area contributed by atoms with Gasteiger partial charge in [-0.2, -0.15) is 0 Å². The summed E-state index contributed by atoms with van der Waals surface area (Å²) in [4.78, 5) is 20.7. The number of para-hydroxylation sites is 2. The molecule has 0 bridgehead atoms. The Morgan fingerprint density at radius 3 is 2.26 bits per heavy atom. The molecule has 1 aromatic heterocycles. The summed E-state index contributed by atoms with van der Waals surface area (Å²) in [6, 6.07) is 19.0. The zero-order chi connectivity index (χ0) is 24.9. The topological polar surface area (TPSA) is 140 Å². The lowest BCUT2D eigenvalue weighted by Gasteiger charge is -2.23. The first-order valence-corrected chi connectivity index (χ1v) is 11.5. The number of primary amides is 1. The lowest BCUT2D eigenvalue weighted by Crippen LogP contribution is -2.22. The van der Waals surface area contributed by atoms with Crippen molar-refractivity contribution < 1.29 is 23.0 Å². The highest BCUT2D eigenvalue weighted by Crippen LogP contribution is 2.35. The first kappa shape index (κ1) is 23.9. The summed E-state index contributed by atoms with van der Waals surface area (Å²) in [6.45, 7) is 0. The molecular formula is C24H23N5O5S. The molecule has 1 amide bonds. The molecule has 0 aliphatic heterocycles. The maximum absolute atomic E-state index is 12.6. The van der Waals surface area contributed by atoms with Crippen molar-refractivity contribution in [3.05, 3.63) is 72.3 Å². The van der Waals surface area contributed by atoms with Gasteiger partial charge in [0.25, 0.3) is 11.3 Å². The molecule has 0 spiro atoms. The fraction of sp³-hybridized carbons (Fsp3) is 0.125. The average molecular weight is 494 g/mol. The Kier molecular flexibility index (Phi) is 7.09. The molecule has 0 saturated carbocycles. The van der Waals surface area contributed by atoms with Crippen molar-refractivity contribution in [3.63, 3.8) is 0 Å². The van der Waals surface area contributed by atoms with Crippen LogP contribution < -0.4 is 24.8 Å². The molecule has 1 heterocycles. The number of anilines is 4. The van der Waals surface area contributed by atoms with Gasteiger partial charge in [0.2, 0.25) is 5.91 Å². The Balaban J connectivity index is 1.88. The Hall–Kier alpha value is -4.22. The predicted octanol–water partition coefficient (Wildman–Crippen LogP) is 3.69. The quantitative estimate of drug-likeness (QED) is 0.300. The molecule has 4 N–H and O–H groups in total. The van der Waals surface area contributed by atoms with E-state index in [9.17, 15) is 13.6 Å². The van der Waals surface area contributed by atoms with Gasteiger partial charge in [-0.05, 0) is 29.8 Å². The third-order valence-electron chi connectivity index (χ3n) is 5.04. The number of carbonyl (C=O) groups is 1. The number of ether oxygens (including phenoxy) is 2. The van der Waals surface area contributed by atoms with Crippen LogP contribution in [0.15, 0.2) is 66.7 Å². The minimum Gasteiger partial charge on any atom is -0.497 e. The zero-order valence-corrected chi connectivity index (χ0v) is 19.8. The van der Waals surface area contributed by atoms with Crippen molar-refractivity contribution in [2.24, 2.45) is 5.73 Å². The van der Waals surface area contributed by atoms with Crippen molar-refractivity contribution >= 4 is 51.2 Å². The summed E-state index contributed by atoms with van der Waals surface area (Å²) in [5.41, 5.74) is 7.93. The molecule has 1 unspecified atom stereocenters. The van der Waals surface area contributed by atoms with Gasteiger partial charge in [0.15, 0.2) is 11.6 Å². The molecule has 35 heavy (non-hydrogen) atoms. The van der Waals surface area contributed by atoms with Crippen molar-refractivity contribution in [1.82, 2.24) is 9.97 Å². The highest BCUT2D eigenvalue weighted by Gasteiger charge is 2.23. The minimum atomic E-state index is -2.52. The van der Waals surface area contributed by atoms with Gasteiger partial charge >= 0.3 is 0 Å². The van der Waals surface area contributed by atoms with E-state index >= 15 is 0 Å². The highest BCUT2D eigenvalue weighted by atomic mass is 32.2. The number of rotatable bonds is 9. The maximum Gasteiger partial charge on any atom is 0.268 e. The Bertz CT molecular complexity index is 1390. The van der Waals surface area contributed by atoms with Crippen LogP contribution in [0.4, 0.5) is 23.0 Å². The molecule has 1 atom stereocenters. The molecule has 0 radical (unpaired) electrons. The number of benzene rings is 3.